The molecule has 0 saturated heterocycles. The number of carbonyl (C=O) groups excluding carboxylic acids is 1. The van der Waals surface area contributed by atoms with E-state index in [4.69, 9.17) is 0 Å². The van der Waals surface area contributed by atoms with Crippen molar-refractivity contribution in [2.45, 2.75) is 12.7 Å². The topological polar surface area (TPSA) is 63.1 Å². The van der Waals surface area contributed by atoms with Gasteiger partial charge in [-0.1, -0.05) is 42.5 Å². The number of halogens is 3. The van der Waals surface area contributed by atoms with Crippen molar-refractivity contribution in [1.82, 2.24) is 4.57 Å². The normalized spacial score (nSPS) is 11.1. The van der Waals surface area contributed by atoms with Gasteiger partial charge >= 0.3 is 6.18 Å². The smallest absolute Gasteiger partial charge is 0.375 e. The number of para-hydroxylation sites is 2. The first-order valence-corrected chi connectivity index (χ1v) is 8.78. The summed E-state index contributed by atoms with van der Waals surface area (Å²) in [6.45, 7) is -0.945. The lowest BCUT2D eigenvalue weighted by atomic mass is 10.2. The lowest BCUT2D eigenvalue weighted by Gasteiger charge is -2.14. The summed E-state index contributed by atoms with van der Waals surface area (Å²) in [7, 11) is 0. The van der Waals surface area contributed by atoms with E-state index in [2.05, 4.69) is 10.6 Å². The standard InChI is InChI=1S/C21H18F3N3O2/c22-21(23,24)14-25-17-10-4-5-11-18(17)26-19(28)16-9-6-12-27(20(16)29)13-15-7-2-1-3-8-15/h1-12,25H,13-14H2,(H,26,28). The number of anilines is 2. The number of amides is 1. The number of rotatable bonds is 6. The number of alkyl halides is 3. The molecule has 5 nitrogen and oxygen atoms in total. The first-order valence-electron chi connectivity index (χ1n) is 8.78. The van der Waals surface area contributed by atoms with Crippen LogP contribution in [0.5, 0.6) is 0 Å². The SMILES string of the molecule is O=C(Nc1ccccc1NCC(F)(F)F)c1cccn(Cc2ccccc2)c1=O. The molecule has 1 amide bonds. The Balaban J connectivity index is 1.80. The van der Waals surface area contributed by atoms with Gasteiger partial charge < -0.3 is 15.2 Å². The Morgan fingerprint density at radius 2 is 1.55 bits per heavy atom. The van der Waals surface area contributed by atoms with E-state index < -0.39 is 24.2 Å². The van der Waals surface area contributed by atoms with E-state index in [9.17, 15) is 22.8 Å². The van der Waals surface area contributed by atoms with Gasteiger partial charge in [0.15, 0.2) is 0 Å². The monoisotopic (exact) mass is 401 g/mol. The van der Waals surface area contributed by atoms with E-state index in [1.807, 2.05) is 30.3 Å². The molecule has 0 aliphatic heterocycles. The van der Waals surface area contributed by atoms with Crippen molar-refractivity contribution in [1.29, 1.82) is 0 Å². The maximum absolute atomic E-state index is 12.7. The predicted octanol–water partition coefficient (Wildman–Crippen LogP) is 4.12. The van der Waals surface area contributed by atoms with E-state index in [0.29, 0.717) is 6.54 Å². The molecular weight excluding hydrogens is 383 g/mol. The summed E-state index contributed by atoms with van der Waals surface area (Å²) in [5.74, 6) is -0.696. The van der Waals surface area contributed by atoms with E-state index in [1.165, 1.54) is 22.8 Å². The van der Waals surface area contributed by atoms with Crippen molar-refractivity contribution in [3.8, 4) is 0 Å². The number of aromatic nitrogens is 1. The molecule has 0 atom stereocenters. The lowest BCUT2D eigenvalue weighted by Crippen LogP contribution is -2.29. The molecular formula is C21H18F3N3O2. The second kappa shape index (κ2) is 8.64. The van der Waals surface area contributed by atoms with Crippen LogP contribution in [0, 0.1) is 0 Å². The molecule has 1 aromatic heterocycles. The van der Waals surface area contributed by atoms with Crippen molar-refractivity contribution in [2.24, 2.45) is 0 Å². The van der Waals surface area contributed by atoms with Gasteiger partial charge in [0.1, 0.15) is 12.1 Å². The van der Waals surface area contributed by atoms with Crippen LogP contribution in [0.3, 0.4) is 0 Å². The molecule has 0 radical (unpaired) electrons. The van der Waals surface area contributed by atoms with Crippen LogP contribution in [-0.4, -0.2) is 23.2 Å². The van der Waals surface area contributed by atoms with E-state index in [1.54, 1.807) is 24.4 Å². The third-order valence-electron chi connectivity index (χ3n) is 4.12. The maximum Gasteiger partial charge on any atom is 0.405 e. The number of hydrogen-bond donors (Lipinski definition) is 2. The molecule has 1 heterocycles. The fraction of sp³-hybridized carbons (Fsp3) is 0.143. The second-order valence-electron chi connectivity index (χ2n) is 6.31. The Labute approximate surface area is 164 Å². The molecule has 29 heavy (non-hydrogen) atoms. The Morgan fingerprint density at radius 1 is 0.897 bits per heavy atom. The van der Waals surface area contributed by atoms with E-state index in [0.717, 1.165) is 5.56 Å². The minimum atomic E-state index is -4.40. The summed E-state index contributed by atoms with van der Waals surface area (Å²) in [4.78, 5) is 25.3. The molecule has 2 N–H and O–H groups in total. The van der Waals surface area contributed by atoms with Gasteiger partial charge in [-0.2, -0.15) is 13.2 Å². The minimum absolute atomic E-state index is 0.103. The quantitative estimate of drug-likeness (QED) is 0.653. The summed E-state index contributed by atoms with van der Waals surface area (Å²) >= 11 is 0. The van der Waals surface area contributed by atoms with Crippen molar-refractivity contribution in [3.05, 3.63) is 94.4 Å². The van der Waals surface area contributed by atoms with Crippen molar-refractivity contribution < 1.29 is 18.0 Å². The average Bonchev–Trinajstić information content (AvgIpc) is 2.69. The first-order chi connectivity index (χ1) is 13.8. The van der Waals surface area contributed by atoms with E-state index >= 15 is 0 Å². The molecule has 0 bridgehead atoms. The summed E-state index contributed by atoms with van der Waals surface area (Å²) in [6, 6.07) is 18.2. The number of benzene rings is 2. The lowest BCUT2D eigenvalue weighted by molar-refractivity contribution is -0.115. The van der Waals surface area contributed by atoms with Gasteiger partial charge in [0.25, 0.3) is 11.5 Å². The maximum atomic E-state index is 12.7. The van der Waals surface area contributed by atoms with Gasteiger partial charge in [0.05, 0.1) is 17.9 Å². The van der Waals surface area contributed by atoms with Crippen molar-refractivity contribution >= 4 is 17.3 Å². The highest BCUT2D eigenvalue weighted by Gasteiger charge is 2.27. The Morgan fingerprint density at radius 3 is 2.24 bits per heavy atom. The number of carbonyl (C=O) groups is 1. The number of hydrogen-bond acceptors (Lipinski definition) is 3. The van der Waals surface area contributed by atoms with Gasteiger partial charge in [0, 0.05) is 6.20 Å². The van der Waals surface area contributed by atoms with Crippen LogP contribution < -0.4 is 16.2 Å². The number of pyridine rings is 1. The molecule has 2 aromatic carbocycles. The van der Waals surface area contributed by atoms with Gasteiger partial charge in [-0.05, 0) is 29.8 Å². The molecule has 3 rings (SSSR count). The van der Waals surface area contributed by atoms with Crippen molar-refractivity contribution in [3.63, 3.8) is 0 Å². The first kappa shape index (κ1) is 20.2. The van der Waals surface area contributed by atoms with Crippen LogP contribution in [0.4, 0.5) is 24.5 Å². The summed E-state index contributed by atoms with van der Waals surface area (Å²) in [5.41, 5.74) is 0.566. The Hall–Kier alpha value is -3.55. The predicted molar refractivity (Wildman–Crippen MR) is 105 cm³/mol. The average molecular weight is 401 g/mol. The zero-order valence-corrected chi connectivity index (χ0v) is 15.2. The fourth-order valence-corrected chi connectivity index (χ4v) is 2.75. The van der Waals surface area contributed by atoms with Crippen LogP contribution >= 0.6 is 0 Å². The van der Waals surface area contributed by atoms with Crippen LogP contribution in [0.1, 0.15) is 15.9 Å². The highest BCUT2D eigenvalue weighted by Crippen LogP contribution is 2.24. The molecule has 150 valence electrons. The Bertz CT molecular complexity index is 1050. The third kappa shape index (κ3) is 5.47. The molecule has 8 heteroatoms. The molecule has 0 fully saturated rings. The van der Waals surface area contributed by atoms with Gasteiger partial charge in [0.2, 0.25) is 0 Å². The molecule has 0 unspecified atom stereocenters. The molecule has 0 saturated carbocycles. The number of nitrogens with one attached hydrogen (secondary N) is 2. The highest BCUT2D eigenvalue weighted by atomic mass is 19.4. The fourth-order valence-electron chi connectivity index (χ4n) is 2.75. The summed E-state index contributed by atoms with van der Waals surface area (Å²) in [6.07, 6.45) is -2.83. The van der Waals surface area contributed by atoms with Gasteiger partial charge in [-0.15, -0.1) is 0 Å². The van der Waals surface area contributed by atoms with Gasteiger partial charge in [-0.3, -0.25) is 9.59 Å². The molecule has 0 aliphatic rings. The van der Waals surface area contributed by atoms with Crippen molar-refractivity contribution in [2.75, 3.05) is 17.2 Å². The van der Waals surface area contributed by atoms with Crippen LogP contribution in [0.25, 0.3) is 0 Å². The van der Waals surface area contributed by atoms with Crippen LogP contribution in [0.15, 0.2) is 77.7 Å². The molecule has 0 aliphatic carbocycles. The number of nitrogens with zero attached hydrogens (tertiary/aromatic N) is 1. The summed E-state index contributed by atoms with van der Waals surface area (Å²) in [5, 5.41) is 4.76. The van der Waals surface area contributed by atoms with Crippen LogP contribution in [-0.2, 0) is 6.54 Å². The van der Waals surface area contributed by atoms with E-state index in [-0.39, 0.29) is 16.9 Å². The largest absolute Gasteiger partial charge is 0.405 e. The molecule has 0 spiro atoms. The summed E-state index contributed by atoms with van der Waals surface area (Å²) < 4.78 is 38.8. The Kier molecular flexibility index (Phi) is 6.01. The van der Waals surface area contributed by atoms with Gasteiger partial charge in [-0.25, -0.2) is 0 Å². The third-order valence-corrected chi connectivity index (χ3v) is 4.12. The van der Waals surface area contributed by atoms with Crippen LogP contribution in [0.2, 0.25) is 0 Å². The molecule has 3 aromatic rings. The zero-order valence-electron chi connectivity index (χ0n) is 15.2. The highest BCUT2D eigenvalue weighted by molar-refractivity contribution is 6.05. The zero-order chi connectivity index (χ0) is 20.9. The minimum Gasteiger partial charge on any atom is -0.375 e. The second-order valence-corrected chi connectivity index (χ2v) is 6.31.